The van der Waals surface area contributed by atoms with E-state index >= 15 is 0 Å². The van der Waals surface area contributed by atoms with Crippen LogP contribution in [0.5, 0.6) is 0 Å². The van der Waals surface area contributed by atoms with Gasteiger partial charge in [-0.05, 0) is 6.42 Å². The molecule has 0 aromatic rings. The van der Waals surface area contributed by atoms with Crippen LogP contribution in [0.1, 0.15) is 6.42 Å². The number of hydrogen-bond acceptors (Lipinski definition) is 9. The quantitative estimate of drug-likeness (QED) is 0.204. The molecular weight excluding hydrogens is 384 g/mol. The van der Waals surface area contributed by atoms with Crippen molar-refractivity contribution in [2.45, 2.75) is 9.83 Å². The maximum Gasteiger partial charge on any atom is 0.313 e. The number of rotatable bonds is 14. The summed E-state index contributed by atoms with van der Waals surface area (Å²) in [5, 5.41) is 55.1. The average Bonchev–Trinajstić information content (AvgIpc) is 2.53. The molecule has 0 aromatic heterocycles. The van der Waals surface area contributed by atoms with Gasteiger partial charge in [-0.2, -0.15) is 0 Å². The Hall–Kier alpha value is -0.660. The third kappa shape index (κ3) is 8.44. The van der Waals surface area contributed by atoms with Gasteiger partial charge in [0.25, 0.3) is 0 Å². The molecule has 0 aliphatic carbocycles. The van der Waals surface area contributed by atoms with E-state index in [2.05, 4.69) is 0 Å². The van der Waals surface area contributed by atoms with Crippen LogP contribution in [0.25, 0.3) is 0 Å². The van der Waals surface area contributed by atoms with Crippen LogP contribution < -0.4 is 0 Å². The van der Waals surface area contributed by atoms with E-state index < -0.39 is 63.8 Å². The summed E-state index contributed by atoms with van der Waals surface area (Å²) >= 11 is 2.40. The molecular formula is C12H20O9S3. The van der Waals surface area contributed by atoms with E-state index in [0.717, 1.165) is 35.3 Å². The zero-order valence-electron chi connectivity index (χ0n) is 12.6. The van der Waals surface area contributed by atoms with Crippen molar-refractivity contribution in [1.82, 2.24) is 0 Å². The van der Waals surface area contributed by atoms with E-state index in [4.69, 9.17) is 15.3 Å². The lowest BCUT2D eigenvalue weighted by atomic mass is 9.88. The maximum atomic E-state index is 10.9. The molecule has 0 heterocycles. The number of carbonyl (C=O) groups is 3. The largest absolute Gasteiger partial charge is 0.481 e. The zero-order chi connectivity index (χ0) is 18.8. The second kappa shape index (κ2) is 11.1. The number of aliphatic carboxylic acids is 3. The van der Waals surface area contributed by atoms with Gasteiger partial charge in [0, 0.05) is 5.41 Å². The SMILES string of the molecule is O=C(O)CSC(CC(CO)(CO)CO)(SCC(=O)O)SCC(=O)O. The summed E-state index contributed by atoms with van der Waals surface area (Å²) in [5.74, 6) is -4.84. The van der Waals surface area contributed by atoms with Crippen LogP contribution in [0.4, 0.5) is 0 Å². The van der Waals surface area contributed by atoms with Crippen LogP contribution in [-0.4, -0.2) is 89.0 Å². The zero-order valence-corrected chi connectivity index (χ0v) is 15.0. The molecule has 0 aliphatic heterocycles. The molecule has 0 bridgehead atoms. The second-order valence-electron chi connectivity index (χ2n) is 4.88. The van der Waals surface area contributed by atoms with Crippen LogP contribution in [0, 0.1) is 5.41 Å². The van der Waals surface area contributed by atoms with Crippen LogP contribution in [0.15, 0.2) is 0 Å². The molecule has 0 atom stereocenters. The van der Waals surface area contributed by atoms with Crippen molar-refractivity contribution in [3.8, 4) is 0 Å². The molecule has 0 fully saturated rings. The number of carboxylic acids is 3. The molecule has 0 unspecified atom stereocenters. The molecule has 9 nitrogen and oxygen atoms in total. The Labute approximate surface area is 150 Å². The Balaban J connectivity index is 5.58. The van der Waals surface area contributed by atoms with Gasteiger partial charge >= 0.3 is 17.9 Å². The fourth-order valence-corrected chi connectivity index (χ4v) is 5.89. The van der Waals surface area contributed by atoms with Gasteiger partial charge < -0.3 is 30.6 Å². The summed E-state index contributed by atoms with van der Waals surface area (Å²) in [6.45, 7) is -1.88. The smallest absolute Gasteiger partial charge is 0.313 e. The van der Waals surface area contributed by atoms with E-state index in [0.29, 0.717) is 0 Å². The fourth-order valence-electron chi connectivity index (χ4n) is 1.57. The van der Waals surface area contributed by atoms with Crippen molar-refractivity contribution in [1.29, 1.82) is 0 Å². The minimum absolute atomic E-state index is 0.183. The third-order valence-electron chi connectivity index (χ3n) is 2.84. The number of aliphatic hydroxyl groups is 3. The highest BCUT2D eigenvalue weighted by molar-refractivity contribution is 8.34. The monoisotopic (exact) mass is 404 g/mol. The fraction of sp³-hybridized carbons (Fsp3) is 0.750. The predicted molar refractivity (Wildman–Crippen MR) is 91.3 cm³/mol. The number of hydrogen-bond donors (Lipinski definition) is 6. The highest BCUT2D eigenvalue weighted by Gasteiger charge is 2.43. The molecule has 0 aromatic carbocycles. The summed E-state index contributed by atoms with van der Waals surface area (Å²) in [6, 6.07) is 0. The first-order chi connectivity index (χ1) is 11.1. The summed E-state index contributed by atoms with van der Waals surface area (Å²) < 4.78 is -1.29. The summed E-state index contributed by atoms with van der Waals surface area (Å²) in [7, 11) is 0. The van der Waals surface area contributed by atoms with Gasteiger partial charge in [-0.1, -0.05) is 0 Å². The van der Waals surface area contributed by atoms with E-state index in [1.807, 2.05) is 0 Å². The van der Waals surface area contributed by atoms with Gasteiger partial charge in [-0.25, -0.2) is 0 Å². The molecule has 0 amide bonds. The first kappa shape index (κ1) is 23.3. The lowest BCUT2D eigenvalue weighted by Crippen LogP contribution is -2.40. The van der Waals surface area contributed by atoms with E-state index in [1.165, 1.54) is 0 Å². The highest BCUT2D eigenvalue weighted by Crippen LogP contribution is 2.53. The van der Waals surface area contributed by atoms with Crippen LogP contribution in [0.2, 0.25) is 0 Å². The van der Waals surface area contributed by atoms with E-state index in [-0.39, 0.29) is 6.42 Å². The molecule has 0 radical (unpaired) electrons. The van der Waals surface area contributed by atoms with E-state index in [1.54, 1.807) is 0 Å². The molecule has 0 rings (SSSR count). The molecule has 0 saturated heterocycles. The van der Waals surface area contributed by atoms with Gasteiger partial charge in [-0.3, -0.25) is 14.4 Å². The lowest BCUT2D eigenvalue weighted by Gasteiger charge is -2.39. The molecule has 0 spiro atoms. The van der Waals surface area contributed by atoms with Crippen molar-refractivity contribution >= 4 is 53.2 Å². The summed E-state index contributed by atoms with van der Waals surface area (Å²) in [4.78, 5) is 32.6. The number of thioether (sulfide) groups is 3. The Kier molecular flexibility index (Phi) is 10.7. The van der Waals surface area contributed by atoms with Gasteiger partial charge in [0.15, 0.2) is 0 Å². The molecule has 140 valence electrons. The first-order valence-corrected chi connectivity index (χ1v) is 9.50. The lowest BCUT2D eigenvalue weighted by molar-refractivity contribution is -0.134. The van der Waals surface area contributed by atoms with Crippen LogP contribution in [-0.2, 0) is 14.4 Å². The minimum Gasteiger partial charge on any atom is -0.481 e. The van der Waals surface area contributed by atoms with Crippen molar-refractivity contribution in [3.63, 3.8) is 0 Å². The second-order valence-corrected chi connectivity index (χ2v) is 9.48. The Bertz CT molecular complexity index is 386. The molecule has 0 saturated carbocycles. The molecule has 24 heavy (non-hydrogen) atoms. The van der Waals surface area contributed by atoms with Gasteiger partial charge in [-0.15, -0.1) is 35.3 Å². The van der Waals surface area contributed by atoms with Crippen LogP contribution >= 0.6 is 35.3 Å². The Morgan fingerprint density at radius 2 is 0.958 bits per heavy atom. The Morgan fingerprint density at radius 1 is 0.667 bits per heavy atom. The third-order valence-corrected chi connectivity index (χ3v) is 7.89. The Morgan fingerprint density at radius 3 is 1.17 bits per heavy atom. The molecule has 6 N–H and O–H groups in total. The summed E-state index contributed by atoms with van der Waals surface area (Å²) in [5.41, 5.74) is -1.40. The summed E-state index contributed by atoms with van der Waals surface area (Å²) in [6.07, 6.45) is -0.183. The topological polar surface area (TPSA) is 173 Å². The van der Waals surface area contributed by atoms with Gasteiger partial charge in [0.2, 0.25) is 0 Å². The van der Waals surface area contributed by atoms with Gasteiger partial charge in [0.05, 0.1) is 37.1 Å². The van der Waals surface area contributed by atoms with E-state index in [9.17, 15) is 29.7 Å². The highest BCUT2D eigenvalue weighted by atomic mass is 32.3. The van der Waals surface area contributed by atoms with Crippen molar-refractivity contribution in [2.75, 3.05) is 37.1 Å². The minimum atomic E-state index is -1.40. The normalized spacial score (nSPS) is 12.1. The standard InChI is InChI=1S/C12H20O9S3/c13-5-11(6-14,7-15)4-12(22-1-8(16)17,23-2-9(18)19)24-3-10(20)21/h13-15H,1-7H2,(H,16,17)(H,18,19)(H,20,21). The van der Waals surface area contributed by atoms with Gasteiger partial charge in [0.1, 0.15) is 3.41 Å². The maximum absolute atomic E-state index is 10.9. The predicted octanol–water partition coefficient (Wildman–Crippen LogP) is -0.553. The van der Waals surface area contributed by atoms with Crippen LogP contribution in [0.3, 0.4) is 0 Å². The average molecular weight is 404 g/mol. The van der Waals surface area contributed by atoms with Crippen molar-refractivity contribution in [2.24, 2.45) is 5.41 Å². The number of aliphatic hydroxyl groups excluding tert-OH is 3. The van der Waals surface area contributed by atoms with Crippen molar-refractivity contribution < 1.29 is 45.0 Å². The van der Waals surface area contributed by atoms with Crippen molar-refractivity contribution in [3.05, 3.63) is 0 Å². The molecule has 0 aliphatic rings. The number of carboxylic acid groups (broad SMARTS) is 3. The first-order valence-electron chi connectivity index (χ1n) is 6.54. The molecule has 12 heteroatoms.